The number of fused-ring (bicyclic) bond motifs is 1. The van der Waals surface area contributed by atoms with E-state index in [-0.39, 0.29) is 17.8 Å². The lowest BCUT2D eigenvalue weighted by Crippen LogP contribution is -2.31. The molecule has 1 aromatic heterocycles. The summed E-state index contributed by atoms with van der Waals surface area (Å²) >= 11 is 1.55. The van der Waals surface area contributed by atoms with Gasteiger partial charge in [-0.15, -0.1) is 11.3 Å². The minimum Gasteiger partial charge on any atom is -0.469 e. The van der Waals surface area contributed by atoms with Gasteiger partial charge in [0.05, 0.1) is 18.6 Å². The van der Waals surface area contributed by atoms with Crippen molar-refractivity contribution in [3.63, 3.8) is 0 Å². The molecule has 0 bridgehead atoms. The zero-order chi connectivity index (χ0) is 19.1. The van der Waals surface area contributed by atoms with Crippen molar-refractivity contribution in [3.05, 3.63) is 16.0 Å². The fraction of sp³-hybridized carbons (Fsp3) is 0.632. The summed E-state index contributed by atoms with van der Waals surface area (Å²) in [4.78, 5) is 27.0. The highest BCUT2D eigenvalue weighted by Crippen LogP contribution is 2.36. The van der Waals surface area contributed by atoms with Crippen molar-refractivity contribution in [2.24, 2.45) is 5.92 Å². The minimum atomic E-state index is -0.250. The van der Waals surface area contributed by atoms with Crippen LogP contribution >= 0.6 is 11.3 Å². The SMILES string of the molecule is COC(=O)C(C)CN(C)CCC(=O)Nc1sc2c(c1C#N)CCCCC2. The molecule has 0 radical (unpaired) electrons. The molecule has 1 aliphatic rings. The molecule has 2 rings (SSSR count). The number of esters is 1. The number of nitriles is 1. The van der Waals surface area contributed by atoms with Crippen molar-refractivity contribution in [1.29, 1.82) is 5.26 Å². The van der Waals surface area contributed by atoms with E-state index in [9.17, 15) is 14.9 Å². The van der Waals surface area contributed by atoms with Crippen molar-refractivity contribution in [3.8, 4) is 6.07 Å². The lowest BCUT2D eigenvalue weighted by Gasteiger charge is -2.19. The van der Waals surface area contributed by atoms with Crippen LogP contribution in [0.1, 0.15) is 48.6 Å². The second kappa shape index (κ2) is 9.70. The van der Waals surface area contributed by atoms with Crippen molar-refractivity contribution >= 4 is 28.2 Å². The third-order valence-electron chi connectivity index (χ3n) is 4.70. The molecule has 1 N–H and O–H groups in total. The standard InChI is InChI=1S/C19H27N3O3S/c1-13(19(24)25-3)12-22(2)10-9-17(23)21-18-15(11-20)14-7-5-4-6-8-16(14)26-18/h13H,4-10,12H2,1-3H3,(H,21,23). The summed E-state index contributed by atoms with van der Waals surface area (Å²) in [6.07, 6.45) is 5.70. The van der Waals surface area contributed by atoms with Gasteiger partial charge in [-0.25, -0.2) is 0 Å². The van der Waals surface area contributed by atoms with Crippen molar-refractivity contribution in [1.82, 2.24) is 4.90 Å². The summed E-state index contributed by atoms with van der Waals surface area (Å²) in [5, 5.41) is 13.1. The van der Waals surface area contributed by atoms with Gasteiger partial charge in [0.25, 0.3) is 0 Å². The van der Waals surface area contributed by atoms with Crippen molar-refractivity contribution in [2.75, 3.05) is 32.6 Å². The first kappa shape index (κ1) is 20.4. The van der Waals surface area contributed by atoms with E-state index in [1.165, 1.54) is 18.4 Å². The molecule has 1 unspecified atom stereocenters. The smallest absolute Gasteiger partial charge is 0.309 e. The maximum absolute atomic E-state index is 12.3. The highest BCUT2D eigenvalue weighted by Gasteiger charge is 2.21. The van der Waals surface area contributed by atoms with Crippen molar-refractivity contribution < 1.29 is 14.3 Å². The van der Waals surface area contributed by atoms with Gasteiger partial charge in [0, 0.05) is 24.4 Å². The Morgan fingerprint density at radius 1 is 1.35 bits per heavy atom. The Morgan fingerprint density at radius 3 is 2.77 bits per heavy atom. The van der Waals surface area contributed by atoms with Gasteiger partial charge in [0.2, 0.25) is 5.91 Å². The van der Waals surface area contributed by atoms with Gasteiger partial charge < -0.3 is 15.0 Å². The van der Waals surface area contributed by atoms with Crippen LogP contribution < -0.4 is 5.32 Å². The molecule has 0 fully saturated rings. The second-order valence-corrected chi connectivity index (χ2v) is 7.97. The Kier molecular flexibility index (Phi) is 7.61. The van der Waals surface area contributed by atoms with Crippen LogP contribution in [0, 0.1) is 17.2 Å². The van der Waals surface area contributed by atoms with Gasteiger partial charge in [-0.1, -0.05) is 13.3 Å². The number of hydrogen-bond acceptors (Lipinski definition) is 6. The maximum atomic E-state index is 12.3. The molecule has 1 aliphatic carbocycles. The molecule has 1 heterocycles. The Hall–Kier alpha value is -1.91. The number of carbonyl (C=O) groups excluding carboxylic acids is 2. The van der Waals surface area contributed by atoms with Crippen LogP contribution in [0.5, 0.6) is 0 Å². The van der Waals surface area contributed by atoms with Crippen LogP contribution in [-0.2, 0) is 27.2 Å². The molecule has 6 nitrogen and oxygen atoms in total. The Labute approximate surface area is 159 Å². The van der Waals surface area contributed by atoms with Crippen LogP contribution in [0.25, 0.3) is 0 Å². The van der Waals surface area contributed by atoms with Gasteiger partial charge in [0.1, 0.15) is 11.1 Å². The van der Waals surface area contributed by atoms with Crippen LogP contribution in [-0.4, -0.2) is 44.0 Å². The molecule has 1 amide bonds. The van der Waals surface area contributed by atoms with Crippen LogP contribution in [0.15, 0.2) is 0 Å². The molecule has 142 valence electrons. The Bertz CT molecular complexity index is 693. The fourth-order valence-corrected chi connectivity index (χ4v) is 4.52. The number of ether oxygens (including phenoxy) is 1. The normalized spacial score (nSPS) is 14.9. The van der Waals surface area contributed by atoms with Crippen LogP contribution in [0.4, 0.5) is 5.00 Å². The Morgan fingerprint density at radius 2 is 2.08 bits per heavy atom. The van der Waals surface area contributed by atoms with Gasteiger partial charge in [-0.2, -0.15) is 5.26 Å². The average Bonchev–Trinajstić information content (AvgIpc) is 2.78. The van der Waals surface area contributed by atoms with Crippen molar-refractivity contribution in [2.45, 2.75) is 45.4 Å². The fourth-order valence-electron chi connectivity index (χ4n) is 3.27. The zero-order valence-electron chi connectivity index (χ0n) is 15.8. The summed E-state index contributed by atoms with van der Waals surface area (Å²) in [6, 6.07) is 2.28. The number of carbonyl (C=O) groups is 2. The predicted octanol–water partition coefficient (Wildman–Crippen LogP) is 2.96. The second-order valence-electron chi connectivity index (χ2n) is 6.87. The average molecular weight is 378 g/mol. The first-order chi connectivity index (χ1) is 12.5. The molecule has 7 heteroatoms. The van der Waals surface area contributed by atoms with E-state index < -0.39 is 0 Å². The molecule has 0 saturated carbocycles. The minimum absolute atomic E-state index is 0.101. The predicted molar refractivity (Wildman–Crippen MR) is 102 cm³/mol. The molecule has 0 spiro atoms. The van der Waals surface area contributed by atoms with E-state index in [4.69, 9.17) is 4.74 Å². The third kappa shape index (κ3) is 5.29. The van der Waals surface area contributed by atoms with Gasteiger partial charge in [-0.3, -0.25) is 9.59 Å². The highest BCUT2D eigenvalue weighted by molar-refractivity contribution is 7.16. The lowest BCUT2D eigenvalue weighted by molar-refractivity contribution is -0.145. The molecule has 0 aromatic carbocycles. The molecule has 26 heavy (non-hydrogen) atoms. The summed E-state index contributed by atoms with van der Waals surface area (Å²) in [7, 11) is 3.25. The van der Waals surface area contributed by atoms with E-state index >= 15 is 0 Å². The number of thiophene rings is 1. The van der Waals surface area contributed by atoms with Gasteiger partial charge >= 0.3 is 5.97 Å². The first-order valence-corrected chi connectivity index (χ1v) is 9.88. The topological polar surface area (TPSA) is 82.4 Å². The van der Waals surface area contributed by atoms with E-state index in [1.54, 1.807) is 18.3 Å². The van der Waals surface area contributed by atoms with E-state index in [0.717, 1.165) is 31.2 Å². The summed E-state index contributed by atoms with van der Waals surface area (Å²) < 4.78 is 4.72. The van der Waals surface area contributed by atoms with Gasteiger partial charge in [0.15, 0.2) is 0 Å². The molecular formula is C19H27N3O3S. The molecule has 0 saturated heterocycles. The number of nitrogens with zero attached hydrogens (tertiary/aromatic N) is 2. The summed E-state index contributed by atoms with van der Waals surface area (Å²) in [5.41, 5.74) is 1.78. The lowest BCUT2D eigenvalue weighted by atomic mass is 10.1. The summed E-state index contributed by atoms with van der Waals surface area (Å²) in [6.45, 7) is 2.89. The molecule has 1 aromatic rings. The largest absolute Gasteiger partial charge is 0.469 e. The number of aryl methyl sites for hydroxylation is 1. The zero-order valence-corrected chi connectivity index (χ0v) is 16.6. The number of methoxy groups -OCH3 is 1. The highest BCUT2D eigenvalue weighted by atomic mass is 32.1. The third-order valence-corrected chi connectivity index (χ3v) is 5.90. The summed E-state index contributed by atoms with van der Waals surface area (Å²) in [5.74, 6) is -0.582. The van der Waals surface area contributed by atoms with E-state index in [0.29, 0.717) is 30.1 Å². The first-order valence-electron chi connectivity index (χ1n) is 9.07. The number of rotatable bonds is 7. The molecule has 1 atom stereocenters. The monoisotopic (exact) mass is 377 g/mol. The van der Waals surface area contributed by atoms with Gasteiger partial charge in [-0.05, 0) is 38.3 Å². The van der Waals surface area contributed by atoms with Crippen LogP contribution in [0.3, 0.4) is 0 Å². The molecule has 0 aliphatic heterocycles. The molecular weight excluding hydrogens is 350 g/mol. The van der Waals surface area contributed by atoms with E-state index in [1.807, 2.05) is 11.9 Å². The maximum Gasteiger partial charge on any atom is 0.309 e. The Balaban J connectivity index is 1.90. The number of hydrogen-bond donors (Lipinski definition) is 1. The number of anilines is 1. The quantitative estimate of drug-likeness (QED) is 0.583. The van der Waals surface area contributed by atoms with E-state index in [2.05, 4.69) is 11.4 Å². The number of amides is 1. The van der Waals surface area contributed by atoms with Crippen LogP contribution in [0.2, 0.25) is 0 Å². The number of nitrogens with one attached hydrogen (secondary N) is 1.